The van der Waals surface area contributed by atoms with Crippen LogP contribution in [0.5, 0.6) is 0 Å². The van der Waals surface area contributed by atoms with Gasteiger partial charge in [0.05, 0.1) is 0 Å². The van der Waals surface area contributed by atoms with Crippen LogP contribution in [0.15, 0.2) is 42.6 Å². The monoisotopic (exact) mass is 210 g/mol. The van der Waals surface area contributed by atoms with Gasteiger partial charge in [-0.1, -0.05) is 18.2 Å². The van der Waals surface area contributed by atoms with E-state index in [1.807, 2.05) is 12.3 Å². The Morgan fingerprint density at radius 3 is 2.75 bits per heavy atom. The molecule has 0 saturated carbocycles. The Hall–Kier alpha value is -1.83. The number of aryl methyl sites for hydroxylation is 1. The van der Waals surface area contributed by atoms with Gasteiger partial charge in [0.1, 0.15) is 5.82 Å². The number of nitrogens with zero attached hydrogens (tertiary/aromatic N) is 2. The molecule has 0 fully saturated rings. The molecule has 1 aromatic carbocycles. The lowest BCUT2D eigenvalue weighted by Crippen LogP contribution is -2.13. The molecule has 0 spiro atoms. The number of benzene rings is 1. The number of para-hydroxylation sites is 1. The zero-order valence-electron chi connectivity index (χ0n) is 9.35. The number of aromatic nitrogens is 1. The lowest BCUT2D eigenvalue weighted by atomic mass is 10.1. The summed E-state index contributed by atoms with van der Waals surface area (Å²) in [6.07, 6.45) is 3.00. The number of hydrogen-bond acceptors (Lipinski definition) is 2. The molecule has 1 aliphatic rings. The number of pyridine rings is 1. The van der Waals surface area contributed by atoms with E-state index in [2.05, 4.69) is 47.1 Å². The first-order valence-corrected chi connectivity index (χ1v) is 5.63. The van der Waals surface area contributed by atoms with Crippen molar-refractivity contribution in [2.45, 2.75) is 13.3 Å². The molecule has 0 amide bonds. The van der Waals surface area contributed by atoms with Crippen molar-refractivity contribution in [3.05, 3.63) is 53.7 Å². The summed E-state index contributed by atoms with van der Waals surface area (Å²) in [6.45, 7) is 3.20. The van der Waals surface area contributed by atoms with Crippen LogP contribution in [0.1, 0.15) is 11.1 Å². The second-order valence-electron chi connectivity index (χ2n) is 4.17. The van der Waals surface area contributed by atoms with Crippen molar-refractivity contribution < 1.29 is 0 Å². The minimum absolute atomic E-state index is 1.04. The Morgan fingerprint density at radius 1 is 1.12 bits per heavy atom. The van der Waals surface area contributed by atoms with E-state index in [0.717, 1.165) is 18.8 Å². The summed E-state index contributed by atoms with van der Waals surface area (Å²) in [7, 11) is 0. The molecule has 2 heteroatoms. The van der Waals surface area contributed by atoms with Crippen molar-refractivity contribution in [1.82, 2.24) is 4.98 Å². The fourth-order valence-corrected chi connectivity index (χ4v) is 2.30. The first-order chi connectivity index (χ1) is 7.86. The van der Waals surface area contributed by atoms with Crippen LogP contribution in [-0.2, 0) is 6.42 Å². The molecular formula is C14H14N2. The lowest BCUT2D eigenvalue weighted by molar-refractivity contribution is 0.988. The summed E-state index contributed by atoms with van der Waals surface area (Å²) in [6, 6.07) is 12.6. The number of anilines is 2. The number of fused-ring (bicyclic) bond motifs is 1. The highest BCUT2D eigenvalue weighted by molar-refractivity contribution is 5.67. The molecule has 2 nitrogen and oxygen atoms in total. The fourth-order valence-electron chi connectivity index (χ4n) is 2.30. The third kappa shape index (κ3) is 1.38. The average molecular weight is 210 g/mol. The predicted molar refractivity (Wildman–Crippen MR) is 66.1 cm³/mol. The maximum Gasteiger partial charge on any atom is 0.136 e. The van der Waals surface area contributed by atoms with Crippen molar-refractivity contribution in [1.29, 1.82) is 0 Å². The molecule has 0 aliphatic carbocycles. The molecule has 0 unspecified atom stereocenters. The summed E-state index contributed by atoms with van der Waals surface area (Å²) < 4.78 is 0. The van der Waals surface area contributed by atoms with Gasteiger partial charge in [-0.15, -0.1) is 0 Å². The van der Waals surface area contributed by atoms with Crippen molar-refractivity contribution in [2.75, 3.05) is 11.4 Å². The minimum atomic E-state index is 1.04. The molecule has 80 valence electrons. The topological polar surface area (TPSA) is 16.1 Å². The Labute approximate surface area is 95.6 Å². The van der Waals surface area contributed by atoms with E-state index in [-0.39, 0.29) is 0 Å². The zero-order valence-corrected chi connectivity index (χ0v) is 9.35. The van der Waals surface area contributed by atoms with E-state index in [0.29, 0.717) is 0 Å². The maximum atomic E-state index is 4.50. The van der Waals surface area contributed by atoms with Gasteiger partial charge in [-0.25, -0.2) is 4.98 Å². The minimum Gasteiger partial charge on any atom is -0.326 e. The summed E-state index contributed by atoms with van der Waals surface area (Å²) in [4.78, 5) is 6.80. The van der Waals surface area contributed by atoms with E-state index in [9.17, 15) is 0 Å². The highest BCUT2D eigenvalue weighted by atomic mass is 15.2. The molecule has 1 aliphatic heterocycles. The van der Waals surface area contributed by atoms with Gasteiger partial charge in [0.15, 0.2) is 0 Å². The van der Waals surface area contributed by atoms with Crippen LogP contribution in [0.3, 0.4) is 0 Å². The predicted octanol–water partition coefficient (Wildman–Crippen LogP) is 3.08. The third-order valence-electron chi connectivity index (χ3n) is 3.18. The SMILES string of the molecule is Cc1ccnc2c1CCN2c1ccccc1. The van der Waals surface area contributed by atoms with Crippen LogP contribution in [0.4, 0.5) is 11.5 Å². The largest absolute Gasteiger partial charge is 0.326 e. The van der Waals surface area contributed by atoms with Gasteiger partial charge in [0.25, 0.3) is 0 Å². The molecule has 0 bridgehead atoms. The second-order valence-corrected chi connectivity index (χ2v) is 4.17. The molecule has 0 atom stereocenters. The smallest absolute Gasteiger partial charge is 0.136 e. The van der Waals surface area contributed by atoms with Gasteiger partial charge >= 0.3 is 0 Å². The first kappa shape index (κ1) is 9.40. The Bertz CT molecular complexity index is 505. The van der Waals surface area contributed by atoms with Gasteiger partial charge in [-0.05, 0) is 42.7 Å². The van der Waals surface area contributed by atoms with Gasteiger partial charge in [-0.2, -0.15) is 0 Å². The van der Waals surface area contributed by atoms with E-state index in [1.165, 1.54) is 16.8 Å². The first-order valence-electron chi connectivity index (χ1n) is 5.63. The zero-order chi connectivity index (χ0) is 11.0. The number of rotatable bonds is 1. The standard InChI is InChI=1S/C14H14N2/c1-11-7-9-15-14-13(11)8-10-16(14)12-5-3-2-4-6-12/h2-7,9H,8,10H2,1H3. The van der Waals surface area contributed by atoms with Crippen LogP contribution in [0.2, 0.25) is 0 Å². The summed E-state index contributed by atoms with van der Waals surface area (Å²) in [5, 5.41) is 0. The molecule has 3 rings (SSSR count). The summed E-state index contributed by atoms with van der Waals surface area (Å²) in [5.74, 6) is 1.13. The third-order valence-corrected chi connectivity index (χ3v) is 3.18. The molecule has 0 N–H and O–H groups in total. The fraction of sp³-hybridized carbons (Fsp3) is 0.214. The maximum absolute atomic E-state index is 4.50. The Balaban J connectivity index is 2.07. The van der Waals surface area contributed by atoms with Gasteiger partial charge in [-0.3, -0.25) is 0 Å². The highest BCUT2D eigenvalue weighted by Crippen LogP contribution is 2.33. The highest BCUT2D eigenvalue weighted by Gasteiger charge is 2.22. The van der Waals surface area contributed by atoms with Crippen molar-refractivity contribution in [3.63, 3.8) is 0 Å². The van der Waals surface area contributed by atoms with Crippen LogP contribution in [0, 0.1) is 6.92 Å². The molecule has 2 heterocycles. The van der Waals surface area contributed by atoms with Crippen molar-refractivity contribution >= 4 is 11.5 Å². The van der Waals surface area contributed by atoms with Crippen LogP contribution >= 0.6 is 0 Å². The van der Waals surface area contributed by atoms with Crippen LogP contribution in [-0.4, -0.2) is 11.5 Å². The van der Waals surface area contributed by atoms with Crippen molar-refractivity contribution in [3.8, 4) is 0 Å². The van der Waals surface area contributed by atoms with Crippen molar-refractivity contribution in [2.24, 2.45) is 0 Å². The average Bonchev–Trinajstić information content (AvgIpc) is 2.75. The van der Waals surface area contributed by atoms with E-state index < -0.39 is 0 Å². The molecule has 16 heavy (non-hydrogen) atoms. The van der Waals surface area contributed by atoms with Gasteiger partial charge in [0, 0.05) is 18.4 Å². The molecule has 2 aromatic rings. The molecule has 0 radical (unpaired) electrons. The van der Waals surface area contributed by atoms with E-state index in [1.54, 1.807) is 0 Å². The lowest BCUT2D eigenvalue weighted by Gasteiger charge is -2.18. The quantitative estimate of drug-likeness (QED) is 0.719. The Kier molecular flexibility index (Phi) is 2.13. The summed E-state index contributed by atoms with van der Waals surface area (Å²) in [5.41, 5.74) is 3.98. The van der Waals surface area contributed by atoms with E-state index >= 15 is 0 Å². The number of hydrogen-bond donors (Lipinski definition) is 0. The van der Waals surface area contributed by atoms with Crippen LogP contribution < -0.4 is 4.90 Å². The molecular weight excluding hydrogens is 196 g/mol. The van der Waals surface area contributed by atoms with E-state index in [4.69, 9.17) is 0 Å². The Morgan fingerprint density at radius 2 is 1.94 bits per heavy atom. The van der Waals surface area contributed by atoms with Crippen LogP contribution in [0.25, 0.3) is 0 Å². The van der Waals surface area contributed by atoms with Gasteiger partial charge in [0.2, 0.25) is 0 Å². The molecule has 0 saturated heterocycles. The molecule has 1 aromatic heterocycles. The second kappa shape index (κ2) is 3.63. The normalized spacial score (nSPS) is 13.9. The summed E-state index contributed by atoms with van der Waals surface area (Å²) >= 11 is 0. The van der Waals surface area contributed by atoms with Gasteiger partial charge < -0.3 is 4.90 Å².